The van der Waals surface area contributed by atoms with E-state index in [1.54, 1.807) is 11.8 Å². The van der Waals surface area contributed by atoms with Crippen molar-refractivity contribution in [3.8, 4) is 0 Å². The monoisotopic (exact) mass is 322 g/mol. The van der Waals surface area contributed by atoms with Crippen LogP contribution < -0.4 is 0 Å². The summed E-state index contributed by atoms with van der Waals surface area (Å²) in [5, 5.41) is 10.6. The largest absolute Gasteiger partial charge is 0.423 e. The van der Waals surface area contributed by atoms with Gasteiger partial charge in [0.1, 0.15) is 11.7 Å². The zero-order valence-electron chi connectivity index (χ0n) is 12.8. The Morgan fingerprint density at radius 1 is 1.45 bits per heavy atom. The van der Waals surface area contributed by atoms with Crippen LogP contribution in [0.4, 0.5) is 0 Å². The third-order valence-corrected chi connectivity index (χ3v) is 4.60. The fourth-order valence-corrected chi connectivity index (χ4v) is 3.11. The van der Waals surface area contributed by atoms with E-state index in [4.69, 9.17) is 9.15 Å². The molecule has 0 bridgehead atoms. The number of aryl methyl sites for hydroxylation is 1. The van der Waals surface area contributed by atoms with Gasteiger partial charge in [-0.25, -0.2) is 4.98 Å². The molecule has 2 aromatic heterocycles. The van der Waals surface area contributed by atoms with Crippen LogP contribution in [-0.2, 0) is 4.74 Å². The highest BCUT2D eigenvalue weighted by Crippen LogP contribution is 2.26. The van der Waals surface area contributed by atoms with E-state index >= 15 is 0 Å². The van der Waals surface area contributed by atoms with Gasteiger partial charge >= 0.3 is 0 Å². The predicted octanol–water partition coefficient (Wildman–Crippen LogP) is 2.17. The molecule has 1 aliphatic rings. The van der Waals surface area contributed by atoms with Gasteiger partial charge in [0, 0.05) is 24.8 Å². The van der Waals surface area contributed by atoms with E-state index in [1.807, 2.05) is 5.38 Å². The summed E-state index contributed by atoms with van der Waals surface area (Å²) < 4.78 is 10.9. The fraction of sp³-hybridized carbons (Fsp3) is 0.571. The van der Waals surface area contributed by atoms with Gasteiger partial charge in [-0.05, 0) is 0 Å². The molecule has 1 fully saturated rings. The van der Waals surface area contributed by atoms with E-state index in [0.717, 1.165) is 5.01 Å². The number of nitrogens with zero attached hydrogens (tertiary/aromatic N) is 4. The third-order valence-electron chi connectivity index (χ3n) is 3.45. The summed E-state index contributed by atoms with van der Waals surface area (Å²) in [5.74, 6) is 1.08. The van der Waals surface area contributed by atoms with Crippen LogP contribution in [0, 0.1) is 6.92 Å². The molecule has 0 saturated carbocycles. The summed E-state index contributed by atoms with van der Waals surface area (Å²) in [5.41, 5.74) is 0.469. The minimum absolute atomic E-state index is 0.118. The van der Waals surface area contributed by atoms with E-state index < -0.39 is 0 Å². The van der Waals surface area contributed by atoms with Crippen molar-refractivity contribution in [1.82, 2.24) is 20.1 Å². The van der Waals surface area contributed by atoms with Crippen LogP contribution in [0.5, 0.6) is 0 Å². The summed E-state index contributed by atoms with van der Waals surface area (Å²) >= 11 is 1.51. The number of ether oxygens (including phenoxy) is 1. The maximum atomic E-state index is 12.8. The van der Waals surface area contributed by atoms with Crippen LogP contribution in [0.2, 0.25) is 0 Å². The van der Waals surface area contributed by atoms with Gasteiger partial charge in [-0.1, -0.05) is 13.8 Å². The second kappa shape index (κ2) is 6.13. The highest BCUT2D eigenvalue weighted by molar-refractivity contribution is 7.09. The summed E-state index contributed by atoms with van der Waals surface area (Å²) in [7, 11) is 0. The van der Waals surface area contributed by atoms with Crippen LogP contribution >= 0.6 is 11.3 Å². The van der Waals surface area contributed by atoms with Gasteiger partial charge in [0.2, 0.25) is 11.8 Å². The molecule has 0 aromatic carbocycles. The molecule has 1 atom stereocenters. The normalized spacial score (nSPS) is 18.9. The lowest BCUT2D eigenvalue weighted by Gasteiger charge is -2.32. The minimum atomic E-state index is -0.355. The van der Waals surface area contributed by atoms with Gasteiger partial charge in [-0.15, -0.1) is 21.5 Å². The second-order valence-electron chi connectivity index (χ2n) is 5.47. The molecule has 0 aliphatic carbocycles. The van der Waals surface area contributed by atoms with Crippen molar-refractivity contribution < 1.29 is 13.9 Å². The van der Waals surface area contributed by atoms with E-state index in [0.29, 0.717) is 43.2 Å². The Kier molecular flexibility index (Phi) is 4.21. The number of hydrogen-bond acceptors (Lipinski definition) is 7. The smallest absolute Gasteiger partial charge is 0.274 e. The molecule has 1 aliphatic heterocycles. The van der Waals surface area contributed by atoms with Gasteiger partial charge in [-0.2, -0.15) is 0 Å². The number of aromatic nitrogens is 3. The van der Waals surface area contributed by atoms with Crippen molar-refractivity contribution in [3.05, 3.63) is 27.9 Å². The topological polar surface area (TPSA) is 81.4 Å². The third kappa shape index (κ3) is 2.89. The number of amides is 1. The first kappa shape index (κ1) is 15.1. The summed E-state index contributed by atoms with van der Waals surface area (Å²) in [4.78, 5) is 18.9. The minimum Gasteiger partial charge on any atom is -0.423 e. The van der Waals surface area contributed by atoms with Crippen LogP contribution in [-0.4, -0.2) is 45.7 Å². The molecule has 118 valence electrons. The Morgan fingerprint density at radius 3 is 2.91 bits per heavy atom. The van der Waals surface area contributed by atoms with Crippen molar-refractivity contribution in [2.24, 2.45) is 0 Å². The standard InChI is InChI=1S/C14H18N4O3S/c1-8(2)13-15-10(7-22-13)14(19)18-4-5-20-6-11(18)12-17-16-9(3)21-12/h7-8,11H,4-6H2,1-3H3/t11-/m1/s1. The molecule has 22 heavy (non-hydrogen) atoms. The van der Waals surface area contributed by atoms with Crippen molar-refractivity contribution in [1.29, 1.82) is 0 Å². The number of hydrogen-bond donors (Lipinski definition) is 0. The maximum absolute atomic E-state index is 12.8. The Morgan fingerprint density at radius 2 is 2.27 bits per heavy atom. The van der Waals surface area contributed by atoms with Gasteiger partial charge in [0.15, 0.2) is 0 Å². The van der Waals surface area contributed by atoms with E-state index in [2.05, 4.69) is 29.0 Å². The van der Waals surface area contributed by atoms with Crippen LogP contribution in [0.1, 0.15) is 53.1 Å². The second-order valence-corrected chi connectivity index (χ2v) is 6.36. The molecule has 0 spiro atoms. The molecule has 1 amide bonds. The SMILES string of the molecule is Cc1nnc([C@H]2COCCN2C(=O)c2csc(C(C)C)n2)o1. The van der Waals surface area contributed by atoms with Crippen LogP contribution in [0.15, 0.2) is 9.80 Å². The van der Waals surface area contributed by atoms with Crippen LogP contribution in [0.25, 0.3) is 0 Å². The zero-order chi connectivity index (χ0) is 15.7. The number of morpholine rings is 1. The molecule has 7 nitrogen and oxygen atoms in total. The summed E-state index contributed by atoms with van der Waals surface area (Å²) in [6.07, 6.45) is 0. The first-order valence-corrected chi connectivity index (χ1v) is 8.08. The Hall–Kier alpha value is -1.80. The lowest BCUT2D eigenvalue weighted by atomic mass is 10.2. The Labute approximate surface area is 132 Å². The highest BCUT2D eigenvalue weighted by Gasteiger charge is 2.34. The Balaban J connectivity index is 1.84. The molecule has 3 rings (SSSR count). The lowest BCUT2D eigenvalue weighted by Crippen LogP contribution is -2.43. The predicted molar refractivity (Wildman–Crippen MR) is 79.8 cm³/mol. The first-order chi connectivity index (χ1) is 10.6. The van der Waals surface area contributed by atoms with Gasteiger partial charge < -0.3 is 14.1 Å². The first-order valence-electron chi connectivity index (χ1n) is 7.20. The summed E-state index contributed by atoms with van der Waals surface area (Å²) in [6.45, 7) is 7.18. The quantitative estimate of drug-likeness (QED) is 0.861. The highest BCUT2D eigenvalue weighted by atomic mass is 32.1. The number of carbonyl (C=O) groups excluding carboxylic acids is 1. The van der Waals surface area contributed by atoms with E-state index in [1.165, 1.54) is 11.3 Å². The summed E-state index contributed by atoms with van der Waals surface area (Å²) in [6, 6.07) is -0.355. The average molecular weight is 322 g/mol. The zero-order valence-corrected chi connectivity index (χ0v) is 13.6. The Bertz CT molecular complexity index is 667. The molecular formula is C14H18N4O3S. The molecule has 0 radical (unpaired) electrons. The van der Waals surface area contributed by atoms with Crippen molar-refractivity contribution in [2.75, 3.05) is 19.8 Å². The molecule has 2 aromatic rings. The van der Waals surface area contributed by atoms with Gasteiger partial charge in [0.25, 0.3) is 5.91 Å². The maximum Gasteiger partial charge on any atom is 0.274 e. The van der Waals surface area contributed by atoms with E-state index in [9.17, 15) is 4.79 Å². The molecule has 3 heterocycles. The van der Waals surface area contributed by atoms with Gasteiger partial charge in [0.05, 0.1) is 18.2 Å². The number of rotatable bonds is 3. The van der Waals surface area contributed by atoms with Gasteiger partial charge in [-0.3, -0.25) is 4.79 Å². The van der Waals surface area contributed by atoms with Crippen LogP contribution in [0.3, 0.4) is 0 Å². The number of thiazole rings is 1. The van der Waals surface area contributed by atoms with Crippen molar-refractivity contribution >= 4 is 17.2 Å². The molecule has 0 N–H and O–H groups in total. The number of carbonyl (C=O) groups is 1. The molecular weight excluding hydrogens is 304 g/mol. The fourth-order valence-electron chi connectivity index (χ4n) is 2.30. The van der Waals surface area contributed by atoms with Crippen molar-refractivity contribution in [2.45, 2.75) is 32.7 Å². The molecule has 8 heteroatoms. The lowest BCUT2D eigenvalue weighted by molar-refractivity contribution is -0.0109. The van der Waals surface area contributed by atoms with E-state index in [-0.39, 0.29) is 11.9 Å². The average Bonchev–Trinajstić information content (AvgIpc) is 3.15. The molecule has 1 saturated heterocycles. The van der Waals surface area contributed by atoms with Crippen molar-refractivity contribution in [3.63, 3.8) is 0 Å². The molecule has 0 unspecified atom stereocenters.